The van der Waals surface area contributed by atoms with Crippen molar-refractivity contribution < 1.29 is 9.05 Å². The van der Waals surface area contributed by atoms with Crippen molar-refractivity contribution in [3.63, 3.8) is 0 Å². The Morgan fingerprint density at radius 3 is 3.09 bits per heavy atom. The molecular formula is C15H16N4O2S. The molecule has 1 fully saturated rings. The van der Waals surface area contributed by atoms with E-state index in [0.717, 1.165) is 36.4 Å². The van der Waals surface area contributed by atoms with Crippen LogP contribution < -0.4 is 0 Å². The van der Waals surface area contributed by atoms with E-state index < -0.39 is 0 Å². The molecule has 0 radical (unpaired) electrons. The van der Waals surface area contributed by atoms with Gasteiger partial charge in [0, 0.05) is 17.0 Å². The van der Waals surface area contributed by atoms with Crippen LogP contribution in [0.5, 0.6) is 0 Å². The fourth-order valence-electron chi connectivity index (χ4n) is 2.88. The Hall–Kier alpha value is -1.99. The summed E-state index contributed by atoms with van der Waals surface area (Å²) in [5.74, 6) is 2.22. The Balaban J connectivity index is 1.50. The number of thiophene rings is 1. The topological polar surface area (TPSA) is 68.2 Å². The number of likely N-dealkylation sites (tertiary alicyclic amines) is 1. The first-order valence-corrected chi connectivity index (χ1v) is 8.26. The molecule has 1 aliphatic rings. The SMILES string of the molecule is Cc1cc([C@@H]2CCCN2Cc2nc(-c3ccsc3)no2)on1. The summed E-state index contributed by atoms with van der Waals surface area (Å²) >= 11 is 1.63. The summed E-state index contributed by atoms with van der Waals surface area (Å²) < 4.78 is 10.8. The summed E-state index contributed by atoms with van der Waals surface area (Å²) in [6.45, 7) is 3.58. The van der Waals surface area contributed by atoms with E-state index in [-0.39, 0.29) is 6.04 Å². The third-order valence-electron chi connectivity index (χ3n) is 3.92. The maximum absolute atomic E-state index is 5.42. The van der Waals surface area contributed by atoms with Crippen LogP contribution in [0.25, 0.3) is 11.4 Å². The number of nitrogens with zero attached hydrogens (tertiary/aromatic N) is 4. The largest absolute Gasteiger partial charge is 0.359 e. The van der Waals surface area contributed by atoms with Crippen molar-refractivity contribution in [2.24, 2.45) is 0 Å². The molecule has 1 aliphatic heterocycles. The summed E-state index contributed by atoms with van der Waals surface area (Å²) in [5.41, 5.74) is 1.92. The van der Waals surface area contributed by atoms with Gasteiger partial charge in [-0.05, 0) is 37.8 Å². The van der Waals surface area contributed by atoms with E-state index >= 15 is 0 Å². The van der Waals surface area contributed by atoms with E-state index in [1.165, 1.54) is 0 Å². The summed E-state index contributed by atoms with van der Waals surface area (Å²) in [7, 11) is 0. The fourth-order valence-corrected chi connectivity index (χ4v) is 3.51. The summed E-state index contributed by atoms with van der Waals surface area (Å²) in [4.78, 5) is 6.80. The highest BCUT2D eigenvalue weighted by Gasteiger charge is 2.30. The highest BCUT2D eigenvalue weighted by atomic mass is 32.1. The van der Waals surface area contributed by atoms with Crippen molar-refractivity contribution in [2.45, 2.75) is 32.4 Å². The van der Waals surface area contributed by atoms with Crippen molar-refractivity contribution in [3.8, 4) is 11.4 Å². The van der Waals surface area contributed by atoms with E-state index in [1.54, 1.807) is 11.3 Å². The normalized spacial score (nSPS) is 19.0. The second-order valence-corrected chi connectivity index (χ2v) is 6.30. The van der Waals surface area contributed by atoms with Crippen LogP contribution in [0.4, 0.5) is 0 Å². The Labute approximate surface area is 131 Å². The van der Waals surface area contributed by atoms with Crippen molar-refractivity contribution in [3.05, 3.63) is 40.2 Å². The zero-order chi connectivity index (χ0) is 14.9. The van der Waals surface area contributed by atoms with Gasteiger partial charge in [0.1, 0.15) is 0 Å². The van der Waals surface area contributed by atoms with Crippen LogP contribution in [0.3, 0.4) is 0 Å². The number of hydrogen-bond donors (Lipinski definition) is 0. The summed E-state index contributed by atoms with van der Waals surface area (Å²) in [5, 5.41) is 12.1. The molecule has 0 N–H and O–H groups in total. The molecule has 4 heterocycles. The Morgan fingerprint density at radius 1 is 1.36 bits per heavy atom. The van der Waals surface area contributed by atoms with E-state index in [0.29, 0.717) is 18.3 Å². The highest BCUT2D eigenvalue weighted by Crippen LogP contribution is 2.33. The Morgan fingerprint density at radius 2 is 2.32 bits per heavy atom. The molecule has 1 saturated heterocycles. The van der Waals surface area contributed by atoms with Crippen molar-refractivity contribution >= 4 is 11.3 Å². The van der Waals surface area contributed by atoms with Crippen molar-refractivity contribution in [1.82, 2.24) is 20.2 Å². The zero-order valence-corrected chi connectivity index (χ0v) is 13.0. The van der Waals surface area contributed by atoms with Crippen LogP contribution in [-0.4, -0.2) is 26.7 Å². The fraction of sp³-hybridized carbons (Fsp3) is 0.400. The van der Waals surface area contributed by atoms with Crippen LogP contribution in [-0.2, 0) is 6.54 Å². The predicted octanol–water partition coefficient (Wildman–Crippen LogP) is 3.43. The minimum absolute atomic E-state index is 0.248. The molecule has 0 saturated carbocycles. The average Bonchev–Trinajstić information content (AvgIpc) is 3.26. The van der Waals surface area contributed by atoms with Gasteiger partial charge in [0.15, 0.2) is 5.76 Å². The first-order chi connectivity index (χ1) is 10.8. The van der Waals surface area contributed by atoms with Crippen LogP contribution in [0.1, 0.15) is 36.2 Å². The predicted molar refractivity (Wildman–Crippen MR) is 81.2 cm³/mol. The molecule has 7 heteroatoms. The molecule has 0 aliphatic carbocycles. The maximum Gasteiger partial charge on any atom is 0.241 e. The molecule has 114 valence electrons. The molecule has 22 heavy (non-hydrogen) atoms. The molecule has 0 unspecified atom stereocenters. The third-order valence-corrected chi connectivity index (χ3v) is 4.61. The maximum atomic E-state index is 5.42. The lowest BCUT2D eigenvalue weighted by atomic mass is 10.1. The molecule has 3 aromatic heterocycles. The Bertz CT molecular complexity index is 749. The Kier molecular flexibility index (Phi) is 3.51. The number of hydrogen-bond acceptors (Lipinski definition) is 7. The first-order valence-electron chi connectivity index (χ1n) is 7.32. The lowest BCUT2D eigenvalue weighted by Crippen LogP contribution is -2.22. The molecule has 4 rings (SSSR count). The number of aromatic nitrogens is 3. The van der Waals surface area contributed by atoms with Crippen LogP contribution >= 0.6 is 11.3 Å². The van der Waals surface area contributed by atoms with Gasteiger partial charge in [0.25, 0.3) is 0 Å². The standard InChI is InChI=1S/C15H16N4O2S/c1-10-7-13(20-17-10)12-3-2-5-19(12)8-14-16-15(18-21-14)11-4-6-22-9-11/h4,6-7,9,12H,2-3,5,8H2,1H3/t12-/m0/s1. The monoisotopic (exact) mass is 316 g/mol. The van der Waals surface area contributed by atoms with Gasteiger partial charge < -0.3 is 9.05 Å². The molecule has 0 amide bonds. The lowest BCUT2D eigenvalue weighted by molar-refractivity contribution is 0.183. The third kappa shape index (κ3) is 2.57. The molecule has 0 bridgehead atoms. The van der Waals surface area contributed by atoms with Gasteiger partial charge in [-0.1, -0.05) is 10.3 Å². The quantitative estimate of drug-likeness (QED) is 0.734. The van der Waals surface area contributed by atoms with E-state index in [1.807, 2.05) is 29.8 Å². The number of rotatable bonds is 4. The van der Waals surface area contributed by atoms with Crippen LogP contribution in [0.2, 0.25) is 0 Å². The van der Waals surface area contributed by atoms with E-state index in [9.17, 15) is 0 Å². The van der Waals surface area contributed by atoms with Gasteiger partial charge in [0.2, 0.25) is 11.7 Å². The van der Waals surface area contributed by atoms with Gasteiger partial charge in [-0.25, -0.2) is 0 Å². The summed E-state index contributed by atoms with van der Waals surface area (Å²) in [6, 6.07) is 4.25. The van der Waals surface area contributed by atoms with Crippen molar-refractivity contribution in [2.75, 3.05) is 6.54 Å². The lowest BCUT2D eigenvalue weighted by Gasteiger charge is -2.19. The number of aryl methyl sites for hydroxylation is 1. The minimum Gasteiger partial charge on any atom is -0.359 e. The van der Waals surface area contributed by atoms with Gasteiger partial charge in [-0.15, -0.1) is 0 Å². The van der Waals surface area contributed by atoms with Gasteiger partial charge in [-0.2, -0.15) is 16.3 Å². The molecular weight excluding hydrogens is 300 g/mol. The van der Waals surface area contributed by atoms with E-state index in [4.69, 9.17) is 9.05 Å². The zero-order valence-electron chi connectivity index (χ0n) is 12.2. The second kappa shape index (κ2) is 5.66. The highest BCUT2D eigenvalue weighted by molar-refractivity contribution is 7.08. The molecule has 3 aromatic rings. The van der Waals surface area contributed by atoms with Crippen molar-refractivity contribution in [1.29, 1.82) is 0 Å². The van der Waals surface area contributed by atoms with Gasteiger partial charge in [-0.3, -0.25) is 4.90 Å². The molecule has 0 aromatic carbocycles. The molecule has 0 spiro atoms. The molecule has 6 nitrogen and oxygen atoms in total. The first kappa shape index (κ1) is 13.7. The van der Waals surface area contributed by atoms with Crippen LogP contribution in [0, 0.1) is 6.92 Å². The smallest absolute Gasteiger partial charge is 0.241 e. The second-order valence-electron chi connectivity index (χ2n) is 5.52. The van der Waals surface area contributed by atoms with Gasteiger partial charge in [0.05, 0.1) is 18.3 Å². The van der Waals surface area contributed by atoms with E-state index in [2.05, 4.69) is 20.2 Å². The van der Waals surface area contributed by atoms with Gasteiger partial charge >= 0.3 is 0 Å². The minimum atomic E-state index is 0.248. The summed E-state index contributed by atoms with van der Waals surface area (Å²) in [6.07, 6.45) is 2.20. The average molecular weight is 316 g/mol. The van der Waals surface area contributed by atoms with Crippen LogP contribution in [0.15, 0.2) is 31.9 Å². The molecule has 1 atom stereocenters.